The van der Waals surface area contributed by atoms with Crippen LogP contribution in [0.4, 0.5) is 5.69 Å². The minimum absolute atomic E-state index is 0.0346. The molecule has 0 aromatic heterocycles. The van der Waals surface area contributed by atoms with E-state index >= 15 is 0 Å². The van der Waals surface area contributed by atoms with E-state index in [2.05, 4.69) is 22.2 Å². The van der Waals surface area contributed by atoms with E-state index in [1.165, 1.54) is 12.7 Å². The van der Waals surface area contributed by atoms with E-state index < -0.39 is 0 Å². The van der Waals surface area contributed by atoms with E-state index in [-0.39, 0.29) is 11.2 Å². The van der Waals surface area contributed by atoms with Crippen molar-refractivity contribution in [2.75, 3.05) is 12.4 Å². The standard InChI is InChI=1S/C12H13NO2S2/c1-7-3-4-9-8(5-7)13-12(16)10(17-9)6-11(14)15-2/h3-5,10H,6H2,1-2H3,(H,13,16)/t10-/m1/s1. The Kier molecular flexibility index (Phi) is 3.69. The predicted octanol–water partition coefficient (Wildman–Crippen LogP) is 2.77. The average Bonchev–Trinajstić information content (AvgIpc) is 2.30. The van der Waals surface area contributed by atoms with Crippen LogP contribution in [-0.4, -0.2) is 23.3 Å². The number of esters is 1. The molecule has 1 aromatic rings. The average molecular weight is 267 g/mol. The van der Waals surface area contributed by atoms with Crippen molar-refractivity contribution in [3.05, 3.63) is 23.8 Å². The molecule has 0 spiro atoms. The molecule has 1 atom stereocenters. The smallest absolute Gasteiger partial charge is 0.307 e. The monoisotopic (exact) mass is 267 g/mol. The number of carbonyl (C=O) groups is 1. The molecule has 5 heteroatoms. The van der Waals surface area contributed by atoms with Gasteiger partial charge < -0.3 is 10.1 Å². The van der Waals surface area contributed by atoms with Crippen molar-refractivity contribution in [1.29, 1.82) is 0 Å². The highest BCUT2D eigenvalue weighted by Gasteiger charge is 2.26. The minimum atomic E-state index is -0.234. The second kappa shape index (κ2) is 5.06. The molecule has 1 aromatic carbocycles. The molecule has 1 aliphatic heterocycles. The first-order chi connectivity index (χ1) is 8.10. The van der Waals surface area contributed by atoms with Crippen LogP contribution in [0.5, 0.6) is 0 Å². The Morgan fingerprint density at radius 2 is 2.35 bits per heavy atom. The van der Waals surface area contributed by atoms with Gasteiger partial charge in [0.15, 0.2) is 0 Å². The lowest BCUT2D eigenvalue weighted by molar-refractivity contribution is -0.140. The maximum absolute atomic E-state index is 11.3. The molecule has 0 unspecified atom stereocenters. The summed E-state index contributed by atoms with van der Waals surface area (Å²) in [5, 5.41) is 3.15. The third-order valence-corrected chi connectivity index (χ3v) is 4.37. The van der Waals surface area contributed by atoms with Crippen molar-refractivity contribution >= 4 is 40.6 Å². The van der Waals surface area contributed by atoms with Crippen LogP contribution in [0, 0.1) is 6.92 Å². The number of anilines is 1. The number of thiocarbonyl (C=S) groups is 1. The molecule has 17 heavy (non-hydrogen) atoms. The van der Waals surface area contributed by atoms with Crippen LogP contribution in [-0.2, 0) is 9.53 Å². The van der Waals surface area contributed by atoms with Gasteiger partial charge in [0, 0.05) is 4.90 Å². The summed E-state index contributed by atoms with van der Waals surface area (Å²) in [7, 11) is 1.39. The first-order valence-electron chi connectivity index (χ1n) is 5.25. The summed E-state index contributed by atoms with van der Waals surface area (Å²) >= 11 is 6.89. The number of benzene rings is 1. The zero-order chi connectivity index (χ0) is 12.4. The lowest BCUT2D eigenvalue weighted by Gasteiger charge is -2.25. The van der Waals surface area contributed by atoms with Gasteiger partial charge in [-0.15, -0.1) is 11.8 Å². The van der Waals surface area contributed by atoms with E-state index in [9.17, 15) is 4.79 Å². The van der Waals surface area contributed by atoms with Crippen LogP contribution in [0.25, 0.3) is 0 Å². The zero-order valence-corrected chi connectivity index (χ0v) is 11.3. The van der Waals surface area contributed by atoms with Crippen molar-refractivity contribution < 1.29 is 9.53 Å². The van der Waals surface area contributed by atoms with E-state index in [0.29, 0.717) is 11.4 Å². The fourth-order valence-electron chi connectivity index (χ4n) is 1.63. The highest BCUT2D eigenvalue weighted by molar-refractivity contribution is 8.02. The number of aryl methyl sites for hydroxylation is 1. The Labute approximate surface area is 110 Å². The van der Waals surface area contributed by atoms with Crippen molar-refractivity contribution in [1.82, 2.24) is 0 Å². The van der Waals surface area contributed by atoms with E-state index in [4.69, 9.17) is 12.2 Å². The molecule has 2 rings (SSSR count). The maximum atomic E-state index is 11.3. The molecule has 0 saturated carbocycles. The van der Waals surface area contributed by atoms with E-state index in [1.807, 2.05) is 13.0 Å². The van der Waals surface area contributed by atoms with Gasteiger partial charge in [0.25, 0.3) is 0 Å². The normalized spacial score (nSPS) is 18.2. The highest BCUT2D eigenvalue weighted by Crippen LogP contribution is 2.37. The molecule has 90 valence electrons. The molecule has 1 aliphatic rings. The lowest BCUT2D eigenvalue weighted by atomic mass is 10.2. The van der Waals surface area contributed by atoms with Crippen molar-refractivity contribution in [3.8, 4) is 0 Å². The van der Waals surface area contributed by atoms with Gasteiger partial charge in [-0.05, 0) is 24.6 Å². The summed E-state index contributed by atoms with van der Waals surface area (Å²) < 4.78 is 4.67. The number of hydrogen-bond acceptors (Lipinski definition) is 4. The summed E-state index contributed by atoms with van der Waals surface area (Å²) in [6, 6.07) is 6.16. The second-order valence-corrected chi connectivity index (χ2v) is 5.56. The highest BCUT2D eigenvalue weighted by atomic mass is 32.2. The topological polar surface area (TPSA) is 38.3 Å². The Balaban J connectivity index is 2.18. The number of hydrogen-bond donors (Lipinski definition) is 1. The van der Waals surface area contributed by atoms with Crippen molar-refractivity contribution in [3.63, 3.8) is 0 Å². The summed E-state index contributed by atoms with van der Waals surface area (Å²) in [6.45, 7) is 2.04. The molecule has 1 heterocycles. The third kappa shape index (κ3) is 2.79. The number of carbonyl (C=O) groups excluding carboxylic acids is 1. The summed E-state index contributed by atoms with van der Waals surface area (Å²) in [4.78, 5) is 13.1. The molecule has 0 radical (unpaired) electrons. The largest absolute Gasteiger partial charge is 0.469 e. The molecule has 0 saturated heterocycles. The van der Waals surface area contributed by atoms with Crippen LogP contribution in [0.3, 0.4) is 0 Å². The van der Waals surface area contributed by atoms with Crippen LogP contribution in [0.15, 0.2) is 23.1 Å². The lowest BCUT2D eigenvalue weighted by Crippen LogP contribution is -2.29. The van der Waals surface area contributed by atoms with Crippen LogP contribution < -0.4 is 5.32 Å². The number of thioether (sulfide) groups is 1. The van der Waals surface area contributed by atoms with Crippen LogP contribution in [0.1, 0.15) is 12.0 Å². The number of fused-ring (bicyclic) bond motifs is 1. The molecular formula is C12H13NO2S2. The quantitative estimate of drug-likeness (QED) is 0.659. The number of ether oxygens (including phenoxy) is 1. The molecule has 0 aliphatic carbocycles. The van der Waals surface area contributed by atoms with Crippen LogP contribution in [0.2, 0.25) is 0 Å². The van der Waals surface area contributed by atoms with Gasteiger partial charge in [-0.3, -0.25) is 4.79 Å². The van der Waals surface area contributed by atoms with Gasteiger partial charge in [0.05, 0.1) is 29.5 Å². The van der Waals surface area contributed by atoms with Gasteiger partial charge in [-0.25, -0.2) is 0 Å². The fourth-order valence-corrected chi connectivity index (χ4v) is 3.05. The third-order valence-electron chi connectivity index (χ3n) is 2.53. The van der Waals surface area contributed by atoms with Gasteiger partial charge in [0.1, 0.15) is 0 Å². The molecule has 1 N–H and O–H groups in total. The summed E-state index contributed by atoms with van der Waals surface area (Å²) in [5.41, 5.74) is 2.21. The van der Waals surface area contributed by atoms with Crippen molar-refractivity contribution in [2.24, 2.45) is 0 Å². The van der Waals surface area contributed by atoms with Gasteiger partial charge >= 0.3 is 5.97 Å². The second-order valence-electron chi connectivity index (χ2n) is 3.88. The van der Waals surface area contributed by atoms with Gasteiger partial charge in [-0.1, -0.05) is 18.3 Å². The Morgan fingerprint density at radius 1 is 1.59 bits per heavy atom. The minimum Gasteiger partial charge on any atom is -0.469 e. The number of rotatable bonds is 2. The maximum Gasteiger partial charge on any atom is 0.307 e. The number of methoxy groups -OCH3 is 1. The molecule has 0 fully saturated rings. The SMILES string of the molecule is COC(=O)C[C@H]1Sc2ccc(C)cc2NC1=S. The fraction of sp³-hybridized carbons (Fsp3) is 0.333. The van der Waals surface area contributed by atoms with Gasteiger partial charge in [0.2, 0.25) is 0 Å². The van der Waals surface area contributed by atoms with E-state index in [1.54, 1.807) is 11.8 Å². The van der Waals surface area contributed by atoms with E-state index in [0.717, 1.165) is 10.6 Å². The van der Waals surface area contributed by atoms with Crippen molar-refractivity contribution in [2.45, 2.75) is 23.5 Å². The summed E-state index contributed by atoms with van der Waals surface area (Å²) in [5.74, 6) is -0.234. The molecule has 0 bridgehead atoms. The Bertz CT molecular complexity index is 474. The zero-order valence-electron chi connectivity index (χ0n) is 9.65. The predicted molar refractivity (Wildman–Crippen MR) is 73.7 cm³/mol. The molecule has 3 nitrogen and oxygen atoms in total. The molecule has 0 amide bonds. The molecular weight excluding hydrogens is 254 g/mol. The van der Waals surface area contributed by atoms with Crippen LogP contribution >= 0.6 is 24.0 Å². The first kappa shape index (κ1) is 12.4. The Hall–Kier alpha value is -1.07. The van der Waals surface area contributed by atoms with Gasteiger partial charge in [-0.2, -0.15) is 0 Å². The first-order valence-corrected chi connectivity index (χ1v) is 6.54. The summed E-state index contributed by atoms with van der Waals surface area (Å²) in [6.07, 6.45) is 0.306. The Morgan fingerprint density at radius 3 is 3.06 bits per heavy atom. The number of nitrogens with one attached hydrogen (secondary N) is 1.